The molecule has 8 heteroatoms. The number of nitrogens with zero attached hydrogens (tertiary/aromatic N) is 4. The number of hydrogen-bond acceptors (Lipinski definition) is 5. The van der Waals surface area contributed by atoms with Crippen molar-refractivity contribution in [1.82, 2.24) is 24.7 Å². The van der Waals surface area contributed by atoms with Gasteiger partial charge in [0.05, 0.1) is 5.56 Å². The zero-order chi connectivity index (χ0) is 14.3. The number of aromatic amines is 1. The smallest absolute Gasteiger partial charge is 0.267 e. The van der Waals surface area contributed by atoms with Gasteiger partial charge in [-0.2, -0.15) is 10.1 Å². The molecule has 0 fully saturated rings. The molecule has 2 aliphatic rings. The first kappa shape index (κ1) is 12.2. The van der Waals surface area contributed by atoms with E-state index < -0.39 is 17.1 Å². The lowest BCUT2D eigenvalue weighted by Crippen LogP contribution is -2.35. The number of benzene rings is 1. The summed E-state index contributed by atoms with van der Waals surface area (Å²) in [6.45, 7) is 0. The Morgan fingerprint density at radius 3 is 2.70 bits per heavy atom. The van der Waals surface area contributed by atoms with E-state index in [1.165, 1.54) is 25.2 Å². The molecule has 3 rings (SSSR count). The summed E-state index contributed by atoms with van der Waals surface area (Å²) in [5.41, 5.74) is -1.24. The van der Waals surface area contributed by atoms with E-state index in [0.717, 1.165) is 4.57 Å². The zero-order valence-electron chi connectivity index (χ0n) is 10.3. The van der Waals surface area contributed by atoms with Crippen molar-refractivity contribution in [3.8, 4) is 22.9 Å². The van der Waals surface area contributed by atoms with Crippen LogP contribution in [0.4, 0.5) is 4.39 Å². The first-order valence-electron chi connectivity index (χ1n) is 5.66. The van der Waals surface area contributed by atoms with Crippen LogP contribution in [0.25, 0.3) is 22.9 Å². The Morgan fingerprint density at radius 1 is 1.20 bits per heavy atom. The summed E-state index contributed by atoms with van der Waals surface area (Å²) in [5, 5.41) is 6.27. The summed E-state index contributed by atoms with van der Waals surface area (Å²) >= 11 is 0. The molecular weight excluding hydrogens is 265 g/mol. The molecule has 0 saturated carbocycles. The molecule has 2 aliphatic heterocycles. The van der Waals surface area contributed by atoms with E-state index in [9.17, 15) is 14.0 Å². The molecule has 7 nitrogen and oxygen atoms in total. The van der Waals surface area contributed by atoms with Crippen molar-refractivity contribution >= 4 is 0 Å². The summed E-state index contributed by atoms with van der Waals surface area (Å²) in [4.78, 5) is 30.9. The molecule has 20 heavy (non-hydrogen) atoms. The minimum Gasteiger partial charge on any atom is -0.267 e. The Balaban J connectivity index is 2.33. The van der Waals surface area contributed by atoms with Gasteiger partial charge in [-0.05, 0) is 12.1 Å². The molecule has 1 aromatic rings. The third-order valence-electron chi connectivity index (χ3n) is 2.83. The fraction of sp³-hybridized carbons (Fsp3) is 0.0833. The lowest BCUT2D eigenvalue weighted by Gasteiger charge is -2.06. The van der Waals surface area contributed by atoms with Gasteiger partial charge in [0.25, 0.3) is 5.56 Å². The van der Waals surface area contributed by atoms with E-state index in [1.54, 1.807) is 6.07 Å². The van der Waals surface area contributed by atoms with E-state index in [2.05, 4.69) is 20.2 Å². The van der Waals surface area contributed by atoms with Crippen LogP contribution in [-0.2, 0) is 7.05 Å². The molecule has 0 saturated heterocycles. The SMILES string of the molecule is Cn1c(=O)nc2[nH]nc(-c3ccccc3F)nc-2c1=O. The van der Waals surface area contributed by atoms with E-state index >= 15 is 0 Å². The van der Waals surface area contributed by atoms with E-state index in [1.807, 2.05) is 0 Å². The Bertz CT molecular complexity index is 886. The molecule has 1 N–H and O–H groups in total. The normalized spacial score (nSPS) is 10.9. The van der Waals surface area contributed by atoms with Gasteiger partial charge in [0.1, 0.15) is 5.82 Å². The van der Waals surface area contributed by atoms with Crippen LogP contribution in [0.1, 0.15) is 0 Å². The van der Waals surface area contributed by atoms with Gasteiger partial charge >= 0.3 is 5.69 Å². The second-order valence-corrected chi connectivity index (χ2v) is 4.09. The lowest BCUT2D eigenvalue weighted by atomic mass is 10.2. The van der Waals surface area contributed by atoms with Crippen molar-refractivity contribution in [2.45, 2.75) is 0 Å². The Morgan fingerprint density at radius 2 is 1.95 bits per heavy atom. The molecule has 100 valence electrons. The lowest BCUT2D eigenvalue weighted by molar-refractivity contribution is 0.629. The molecule has 2 heterocycles. The third-order valence-corrected chi connectivity index (χ3v) is 2.83. The molecule has 0 aromatic heterocycles. The average molecular weight is 273 g/mol. The number of aromatic nitrogens is 5. The van der Waals surface area contributed by atoms with Crippen molar-refractivity contribution < 1.29 is 4.39 Å². The Labute approximate surface area is 111 Å². The van der Waals surface area contributed by atoms with Crippen LogP contribution in [0, 0.1) is 5.82 Å². The van der Waals surface area contributed by atoms with Crippen molar-refractivity contribution in [2.75, 3.05) is 0 Å². The summed E-state index contributed by atoms with van der Waals surface area (Å²) in [6, 6.07) is 5.92. The van der Waals surface area contributed by atoms with Gasteiger partial charge in [-0.25, -0.2) is 14.2 Å². The largest absolute Gasteiger partial charge is 0.352 e. The molecule has 0 unspecified atom stereocenters. The summed E-state index contributed by atoms with van der Waals surface area (Å²) in [7, 11) is 1.29. The molecule has 0 atom stereocenters. The summed E-state index contributed by atoms with van der Waals surface area (Å²) in [6.07, 6.45) is 0. The van der Waals surface area contributed by atoms with Crippen LogP contribution < -0.4 is 11.2 Å². The monoisotopic (exact) mass is 273 g/mol. The molecule has 0 bridgehead atoms. The number of halogens is 1. The van der Waals surface area contributed by atoms with Gasteiger partial charge in [0, 0.05) is 7.05 Å². The third kappa shape index (κ3) is 1.78. The van der Waals surface area contributed by atoms with Crippen LogP contribution in [0.2, 0.25) is 0 Å². The van der Waals surface area contributed by atoms with Gasteiger partial charge in [-0.15, -0.1) is 0 Å². The predicted octanol–water partition coefficient (Wildman–Crippen LogP) is 0.169. The minimum absolute atomic E-state index is 0.0214. The number of rotatable bonds is 1. The highest BCUT2D eigenvalue weighted by Crippen LogP contribution is 2.19. The van der Waals surface area contributed by atoms with Gasteiger partial charge in [-0.1, -0.05) is 12.1 Å². The van der Waals surface area contributed by atoms with Gasteiger partial charge in [0.15, 0.2) is 17.3 Å². The van der Waals surface area contributed by atoms with Crippen molar-refractivity contribution in [3.05, 3.63) is 50.9 Å². The van der Waals surface area contributed by atoms with Crippen molar-refractivity contribution in [3.63, 3.8) is 0 Å². The highest BCUT2D eigenvalue weighted by molar-refractivity contribution is 5.59. The highest BCUT2D eigenvalue weighted by Gasteiger charge is 2.17. The second kappa shape index (κ2) is 4.34. The maximum Gasteiger partial charge on any atom is 0.352 e. The predicted molar refractivity (Wildman–Crippen MR) is 67.7 cm³/mol. The number of fused-ring (bicyclic) bond motifs is 1. The van der Waals surface area contributed by atoms with Crippen LogP contribution in [-0.4, -0.2) is 24.7 Å². The molecule has 0 aliphatic carbocycles. The molecular formula is C12H8FN5O2. The summed E-state index contributed by atoms with van der Waals surface area (Å²) in [5.74, 6) is -0.517. The van der Waals surface area contributed by atoms with Crippen LogP contribution in [0.3, 0.4) is 0 Å². The van der Waals surface area contributed by atoms with Gasteiger partial charge in [0.2, 0.25) is 0 Å². The average Bonchev–Trinajstić information content (AvgIpc) is 2.45. The molecule has 0 spiro atoms. The van der Waals surface area contributed by atoms with Crippen LogP contribution in [0.15, 0.2) is 33.9 Å². The van der Waals surface area contributed by atoms with Crippen molar-refractivity contribution in [2.24, 2.45) is 7.05 Å². The molecule has 0 amide bonds. The number of nitrogens with one attached hydrogen (secondary N) is 1. The fourth-order valence-corrected chi connectivity index (χ4v) is 1.75. The Kier molecular flexibility index (Phi) is 2.63. The highest BCUT2D eigenvalue weighted by atomic mass is 19.1. The first-order valence-corrected chi connectivity index (χ1v) is 5.66. The molecule has 0 radical (unpaired) electrons. The maximum absolute atomic E-state index is 13.7. The quantitative estimate of drug-likeness (QED) is 0.682. The number of hydrogen-bond donors (Lipinski definition) is 1. The van der Waals surface area contributed by atoms with E-state index in [-0.39, 0.29) is 22.9 Å². The maximum atomic E-state index is 13.7. The standard InChI is InChI=1S/C12H8FN5O2/c1-18-11(19)8-10(15-12(18)20)17-16-9(14-8)6-4-2-3-5-7(6)13/h2-5H,1H3,(H,15,17,20). The van der Waals surface area contributed by atoms with Gasteiger partial charge in [-0.3, -0.25) is 14.5 Å². The zero-order valence-corrected chi connectivity index (χ0v) is 10.3. The van der Waals surface area contributed by atoms with Crippen molar-refractivity contribution in [1.29, 1.82) is 0 Å². The van der Waals surface area contributed by atoms with Crippen LogP contribution >= 0.6 is 0 Å². The molecule has 1 aromatic carbocycles. The van der Waals surface area contributed by atoms with E-state index in [0.29, 0.717) is 0 Å². The minimum atomic E-state index is -0.707. The van der Waals surface area contributed by atoms with E-state index in [4.69, 9.17) is 0 Å². The second-order valence-electron chi connectivity index (χ2n) is 4.09. The van der Waals surface area contributed by atoms with Crippen LogP contribution in [0.5, 0.6) is 0 Å². The summed E-state index contributed by atoms with van der Waals surface area (Å²) < 4.78 is 14.5. The fourth-order valence-electron chi connectivity index (χ4n) is 1.75. The Hall–Kier alpha value is -2.90. The topological polar surface area (TPSA) is 93.5 Å². The number of H-pyrrole nitrogens is 1. The first-order chi connectivity index (χ1) is 9.58. The van der Waals surface area contributed by atoms with Gasteiger partial charge < -0.3 is 0 Å².